The van der Waals surface area contributed by atoms with Crippen LogP contribution in [0.2, 0.25) is 0 Å². The number of likely N-dealkylation sites (tertiary alicyclic amines) is 1. The molecule has 1 saturated heterocycles. The second-order valence-corrected chi connectivity index (χ2v) is 7.07. The van der Waals surface area contributed by atoms with Crippen LogP contribution in [0.15, 0.2) is 12.1 Å². The number of benzene rings is 1. The lowest BCUT2D eigenvalue weighted by molar-refractivity contribution is 0.216. The van der Waals surface area contributed by atoms with Crippen molar-refractivity contribution in [1.82, 2.24) is 4.90 Å². The molecule has 0 unspecified atom stereocenters. The minimum Gasteiger partial charge on any atom is -0.299 e. The summed E-state index contributed by atoms with van der Waals surface area (Å²) >= 11 is 0. The molecule has 1 aliphatic rings. The smallest absolute Gasteiger partial charge is 0.212 e. The van der Waals surface area contributed by atoms with Crippen LogP contribution in [0.5, 0.6) is 0 Å². The molecule has 4 nitrogen and oxygen atoms in total. The fourth-order valence-corrected chi connectivity index (χ4v) is 3.35. The zero-order chi connectivity index (χ0) is 14.9. The van der Waals surface area contributed by atoms with Crippen molar-refractivity contribution in [2.45, 2.75) is 31.6 Å². The van der Waals surface area contributed by atoms with Crippen molar-refractivity contribution in [3.05, 3.63) is 34.9 Å². The van der Waals surface area contributed by atoms with Crippen LogP contribution < -0.4 is 5.14 Å². The Labute approximate surface area is 117 Å². The van der Waals surface area contributed by atoms with Gasteiger partial charge in [-0.1, -0.05) is 6.07 Å². The highest BCUT2D eigenvalue weighted by Gasteiger charge is 2.28. The molecule has 2 N–H and O–H groups in total. The molecule has 7 heteroatoms. The third-order valence-electron chi connectivity index (χ3n) is 3.76. The Balaban J connectivity index is 2.05. The van der Waals surface area contributed by atoms with Gasteiger partial charge in [0.05, 0.1) is 5.25 Å². The van der Waals surface area contributed by atoms with E-state index < -0.39 is 26.9 Å². The van der Waals surface area contributed by atoms with Crippen molar-refractivity contribution in [2.24, 2.45) is 5.14 Å². The predicted octanol–water partition coefficient (Wildman–Crippen LogP) is 1.53. The fourth-order valence-electron chi connectivity index (χ4n) is 2.48. The molecule has 1 aromatic rings. The van der Waals surface area contributed by atoms with E-state index in [0.29, 0.717) is 31.5 Å². The Bertz CT molecular complexity index is 597. The maximum absolute atomic E-state index is 13.9. The maximum atomic E-state index is 13.9. The molecule has 0 aromatic heterocycles. The van der Waals surface area contributed by atoms with E-state index in [9.17, 15) is 17.2 Å². The lowest BCUT2D eigenvalue weighted by Crippen LogP contribution is -2.41. The van der Waals surface area contributed by atoms with Gasteiger partial charge in [-0.2, -0.15) is 0 Å². The van der Waals surface area contributed by atoms with E-state index in [-0.39, 0.29) is 12.1 Å². The van der Waals surface area contributed by atoms with Crippen molar-refractivity contribution in [3.63, 3.8) is 0 Å². The van der Waals surface area contributed by atoms with Crippen LogP contribution in [0.1, 0.15) is 24.0 Å². The molecule has 1 aromatic carbocycles. The van der Waals surface area contributed by atoms with E-state index in [1.165, 1.54) is 12.1 Å². The summed E-state index contributed by atoms with van der Waals surface area (Å²) in [5, 5.41) is 4.56. The van der Waals surface area contributed by atoms with Gasteiger partial charge in [0.15, 0.2) is 0 Å². The Kier molecular flexibility index (Phi) is 4.41. The number of rotatable bonds is 3. The normalized spacial score (nSPS) is 18.4. The monoisotopic (exact) mass is 304 g/mol. The highest BCUT2D eigenvalue weighted by Crippen LogP contribution is 2.22. The number of nitrogens with zero attached hydrogens (tertiary/aromatic N) is 1. The number of hydrogen-bond acceptors (Lipinski definition) is 3. The largest absolute Gasteiger partial charge is 0.299 e. The Morgan fingerprint density at radius 3 is 2.45 bits per heavy atom. The zero-order valence-corrected chi connectivity index (χ0v) is 12.1. The van der Waals surface area contributed by atoms with E-state index in [1.54, 1.807) is 6.92 Å². The van der Waals surface area contributed by atoms with Crippen molar-refractivity contribution >= 4 is 10.0 Å². The molecule has 0 amide bonds. The van der Waals surface area contributed by atoms with Crippen molar-refractivity contribution in [2.75, 3.05) is 13.1 Å². The van der Waals surface area contributed by atoms with Gasteiger partial charge in [0, 0.05) is 12.1 Å². The third kappa shape index (κ3) is 3.34. The Morgan fingerprint density at radius 2 is 1.90 bits per heavy atom. The molecular weight excluding hydrogens is 286 g/mol. The highest BCUT2D eigenvalue weighted by atomic mass is 32.2. The van der Waals surface area contributed by atoms with E-state index >= 15 is 0 Å². The maximum Gasteiger partial charge on any atom is 0.212 e. The molecule has 0 saturated carbocycles. The van der Waals surface area contributed by atoms with E-state index in [4.69, 9.17) is 5.14 Å². The zero-order valence-electron chi connectivity index (χ0n) is 11.3. The topological polar surface area (TPSA) is 63.4 Å². The first-order valence-electron chi connectivity index (χ1n) is 6.46. The molecule has 0 aliphatic carbocycles. The predicted molar refractivity (Wildman–Crippen MR) is 72.5 cm³/mol. The number of sulfonamides is 1. The lowest BCUT2D eigenvalue weighted by Gasteiger charge is -2.31. The third-order valence-corrected chi connectivity index (χ3v) is 5.16. The summed E-state index contributed by atoms with van der Waals surface area (Å²) in [6.07, 6.45) is 0.793. The van der Waals surface area contributed by atoms with Gasteiger partial charge in [0.2, 0.25) is 10.0 Å². The van der Waals surface area contributed by atoms with Gasteiger partial charge in [0.1, 0.15) is 11.6 Å². The van der Waals surface area contributed by atoms with Crippen LogP contribution in [0, 0.1) is 18.6 Å². The number of piperidine rings is 1. The molecular formula is C13H18F2N2O2S. The van der Waals surface area contributed by atoms with Gasteiger partial charge < -0.3 is 0 Å². The molecule has 0 spiro atoms. The Morgan fingerprint density at radius 1 is 1.30 bits per heavy atom. The molecule has 1 aliphatic heterocycles. The molecule has 0 atom stereocenters. The second-order valence-electron chi connectivity index (χ2n) is 5.22. The summed E-state index contributed by atoms with van der Waals surface area (Å²) < 4.78 is 50.1. The molecule has 0 bridgehead atoms. The Hall–Kier alpha value is -1.05. The summed E-state index contributed by atoms with van der Waals surface area (Å²) in [5.74, 6) is -1.10. The van der Waals surface area contributed by atoms with Gasteiger partial charge in [0.25, 0.3) is 0 Å². The molecule has 2 rings (SSSR count). The summed E-state index contributed by atoms with van der Waals surface area (Å²) in [7, 11) is -3.52. The van der Waals surface area contributed by atoms with Crippen LogP contribution >= 0.6 is 0 Å². The molecule has 0 radical (unpaired) electrons. The standard InChI is InChI=1S/C13H18F2N2O2S/c1-9-2-3-12(14)11(13(9)15)8-17-6-4-10(5-7-17)20(16,18)19/h2-3,10H,4-8H2,1H3,(H2,16,18,19). The van der Waals surface area contributed by atoms with Gasteiger partial charge >= 0.3 is 0 Å². The van der Waals surface area contributed by atoms with Gasteiger partial charge in [-0.3, -0.25) is 4.90 Å². The molecule has 1 fully saturated rings. The van der Waals surface area contributed by atoms with Gasteiger partial charge in [-0.05, 0) is 44.5 Å². The fraction of sp³-hybridized carbons (Fsp3) is 0.538. The lowest BCUT2D eigenvalue weighted by atomic mass is 10.1. The van der Waals surface area contributed by atoms with Crippen LogP contribution in [0.4, 0.5) is 8.78 Å². The van der Waals surface area contributed by atoms with Gasteiger partial charge in [-0.15, -0.1) is 0 Å². The van der Waals surface area contributed by atoms with Crippen LogP contribution in [-0.4, -0.2) is 31.7 Å². The number of hydrogen-bond donors (Lipinski definition) is 1. The second kappa shape index (κ2) is 5.75. The quantitative estimate of drug-likeness (QED) is 0.921. The summed E-state index contributed by atoms with van der Waals surface area (Å²) in [4.78, 5) is 1.85. The van der Waals surface area contributed by atoms with Crippen LogP contribution in [0.3, 0.4) is 0 Å². The molecule has 1 heterocycles. The number of nitrogens with two attached hydrogens (primary N) is 1. The number of halogens is 2. The average Bonchev–Trinajstić information content (AvgIpc) is 2.39. The van der Waals surface area contributed by atoms with E-state index in [2.05, 4.69) is 0 Å². The highest BCUT2D eigenvalue weighted by molar-refractivity contribution is 7.89. The minimum absolute atomic E-state index is 0.0408. The number of primary sulfonamides is 1. The molecule has 112 valence electrons. The first-order chi connectivity index (χ1) is 9.29. The average molecular weight is 304 g/mol. The van der Waals surface area contributed by atoms with E-state index in [1.807, 2.05) is 4.90 Å². The summed E-state index contributed by atoms with van der Waals surface area (Å²) in [6.45, 7) is 2.67. The summed E-state index contributed by atoms with van der Waals surface area (Å²) in [6, 6.07) is 2.66. The number of aryl methyl sites for hydroxylation is 1. The van der Waals surface area contributed by atoms with E-state index in [0.717, 1.165) is 0 Å². The van der Waals surface area contributed by atoms with Crippen LogP contribution in [-0.2, 0) is 16.6 Å². The van der Waals surface area contributed by atoms with Gasteiger partial charge in [-0.25, -0.2) is 22.3 Å². The summed E-state index contributed by atoms with van der Waals surface area (Å²) in [5.41, 5.74) is 0.444. The molecule has 20 heavy (non-hydrogen) atoms. The van der Waals surface area contributed by atoms with Crippen molar-refractivity contribution in [1.29, 1.82) is 0 Å². The van der Waals surface area contributed by atoms with Crippen LogP contribution in [0.25, 0.3) is 0 Å². The first kappa shape index (κ1) is 15.3. The minimum atomic E-state index is -3.52. The first-order valence-corrected chi connectivity index (χ1v) is 8.07. The van der Waals surface area contributed by atoms with Crippen molar-refractivity contribution < 1.29 is 17.2 Å². The van der Waals surface area contributed by atoms with Crippen molar-refractivity contribution in [3.8, 4) is 0 Å². The SMILES string of the molecule is Cc1ccc(F)c(CN2CCC(S(N)(=O)=O)CC2)c1F.